The van der Waals surface area contributed by atoms with Crippen molar-refractivity contribution < 1.29 is 18.7 Å². The van der Waals surface area contributed by atoms with Crippen molar-refractivity contribution in [3.63, 3.8) is 0 Å². The summed E-state index contributed by atoms with van der Waals surface area (Å²) in [5, 5.41) is 3.52. The molecule has 0 saturated carbocycles. The molecule has 0 aromatic heterocycles. The normalized spacial score (nSPS) is 13.7. The zero-order chi connectivity index (χ0) is 22.8. The summed E-state index contributed by atoms with van der Waals surface area (Å²) in [7, 11) is 0. The van der Waals surface area contributed by atoms with Gasteiger partial charge in [0, 0.05) is 10.7 Å². The Kier molecular flexibility index (Phi) is 5.97. The van der Waals surface area contributed by atoms with E-state index in [0.717, 1.165) is 4.90 Å². The molecule has 0 fully saturated rings. The number of carbonyl (C=O) groups excluding carboxylic acids is 2. The van der Waals surface area contributed by atoms with Gasteiger partial charge in [-0.2, -0.15) is 0 Å². The molecule has 0 aliphatic carbocycles. The second-order valence-electron chi connectivity index (χ2n) is 7.17. The number of amides is 2. The Hall–Kier alpha value is -3.64. The van der Waals surface area contributed by atoms with E-state index in [4.69, 9.17) is 16.3 Å². The highest BCUT2D eigenvalue weighted by molar-refractivity contribution is 6.46. The van der Waals surface area contributed by atoms with Gasteiger partial charge in [-0.05, 0) is 73.5 Å². The predicted octanol–water partition coefficient (Wildman–Crippen LogP) is 5.58. The summed E-state index contributed by atoms with van der Waals surface area (Å²) >= 11 is 6.23. The van der Waals surface area contributed by atoms with Gasteiger partial charge in [0.2, 0.25) is 0 Å². The summed E-state index contributed by atoms with van der Waals surface area (Å²) in [4.78, 5) is 28.0. The number of anilines is 2. The summed E-state index contributed by atoms with van der Waals surface area (Å²) in [6.07, 6.45) is 0. The van der Waals surface area contributed by atoms with Crippen LogP contribution >= 0.6 is 11.6 Å². The Morgan fingerprint density at radius 1 is 0.969 bits per heavy atom. The third-order valence-corrected chi connectivity index (χ3v) is 5.54. The predicted molar refractivity (Wildman–Crippen MR) is 123 cm³/mol. The molecule has 3 aromatic rings. The van der Waals surface area contributed by atoms with Gasteiger partial charge in [-0.3, -0.25) is 9.59 Å². The first kappa shape index (κ1) is 21.6. The van der Waals surface area contributed by atoms with E-state index in [1.165, 1.54) is 24.3 Å². The fourth-order valence-electron chi connectivity index (χ4n) is 3.53. The van der Waals surface area contributed by atoms with Crippen molar-refractivity contribution in [2.75, 3.05) is 16.8 Å². The summed E-state index contributed by atoms with van der Waals surface area (Å²) in [5.74, 6) is -0.778. The molecular formula is C25H20ClFN2O3. The van der Waals surface area contributed by atoms with Crippen molar-refractivity contribution in [1.29, 1.82) is 0 Å². The van der Waals surface area contributed by atoms with Crippen LogP contribution in [0.15, 0.2) is 72.4 Å². The molecule has 7 heteroatoms. The van der Waals surface area contributed by atoms with Crippen molar-refractivity contribution in [3.8, 4) is 5.75 Å². The maximum atomic E-state index is 13.5. The molecule has 1 heterocycles. The lowest BCUT2D eigenvalue weighted by Crippen LogP contribution is -2.33. The van der Waals surface area contributed by atoms with Crippen LogP contribution in [0.1, 0.15) is 18.1 Å². The molecule has 1 aliphatic rings. The van der Waals surface area contributed by atoms with Gasteiger partial charge in [-0.25, -0.2) is 9.29 Å². The first-order chi connectivity index (χ1) is 15.4. The van der Waals surface area contributed by atoms with E-state index < -0.39 is 17.6 Å². The van der Waals surface area contributed by atoms with E-state index in [1.807, 2.05) is 6.92 Å². The van der Waals surface area contributed by atoms with E-state index in [1.54, 1.807) is 49.4 Å². The van der Waals surface area contributed by atoms with E-state index in [9.17, 15) is 14.0 Å². The van der Waals surface area contributed by atoms with Gasteiger partial charge < -0.3 is 10.1 Å². The van der Waals surface area contributed by atoms with Crippen molar-refractivity contribution in [1.82, 2.24) is 0 Å². The molecule has 162 valence electrons. The molecule has 0 bridgehead atoms. The number of rotatable bonds is 6. The van der Waals surface area contributed by atoms with Gasteiger partial charge in [-0.1, -0.05) is 29.8 Å². The lowest BCUT2D eigenvalue weighted by molar-refractivity contribution is -0.120. The molecule has 0 radical (unpaired) electrons. The number of nitrogens with one attached hydrogen (secondary N) is 1. The maximum Gasteiger partial charge on any atom is 0.282 e. The minimum Gasteiger partial charge on any atom is -0.494 e. The van der Waals surface area contributed by atoms with Crippen LogP contribution in [-0.4, -0.2) is 18.4 Å². The Morgan fingerprint density at radius 2 is 1.66 bits per heavy atom. The molecule has 1 aliphatic heterocycles. The van der Waals surface area contributed by atoms with Crippen molar-refractivity contribution >= 4 is 40.4 Å². The molecule has 2 amide bonds. The second kappa shape index (κ2) is 8.85. The first-order valence-corrected chi connectivity index (χ1v) is 10.4. The van der Waals surface area contributed by atoms with Crippen LogP contribution in [0, 0.1) is 12.7 Å². The smallest absolute Gasteiger partial charge is 0.282 e. The summed E-state index contributed by atoms with van der Waals surface area (Å²) in [6, 6.07) is 17.5. The van der Waals surface area contributed by atoms with Gasteiger partial charge >= 0.3 is 0 Å². The zero-order valence-electron chi connectivity index (χ0n) is 17.5. The summed E-state index contributed by atoms with van der Waals surface area (Å²) < 4.78 is 19.0. The summed E-state index contributed by atoms with van der Waals surface area (Å²) in [5.41, 5.74) is 2.30. The van der Waals surface area contributed by atoms with Crippen LogP contribution in [0.25, 0.3) is 5.57 Å². The monoisotopic (exact) mass is 450 g/mol. The van der Waals surface area contributed by atoms with E-state index >= 15 is 0 Å². The quantitative estimate of drug-likeness (QED) is 0.498. The van der Waals surface area contributed by atoms with Crippen molar-refractivity contribution in [2.24, 2.45) is 0 Å². The van der Waals surface area contributed by atoms with Gasteiger partial charge in [0.25, 0.3) is 11.8 Å². The molecular weight excluding hydrogens is 431 g/mol. The fourth-order valence-corrected chi connectivity index (χ4v) is 3.70. The van der Waals surface area contributed by atoms with Crippen LogP contribution < -0.4 is 15.0 Å². The van der Waals surface area contributed by atoms with E-state index in [0.29, 0.717) is 39.9 Å². The number of hydrogen-bond donors (Lipinski definition) is 1. The molecule has 4 rings (SSSR count). The largest absolute Gasteiger partial charge is 0.494 e. The zero-order valence-corrected chi connectivity index (χ0v) is 18.2. The number of benzene rings is 3. The minimum absolute atomic E-state index is 0.102. The highest BCUT2D eigenvalue weighted by Crippen LogP contribution is 2.36. The standard InChI is InChI=1S/C25H20ClFN2O3/c1-3-32-19-13-11-18(12-14-19)28-23-22(16-7-9-17(27)10-8-16)24(30)29(25(23)31)21-6-4-5-20(26)15(21)2/h4-14,28H,3H2,1-2H3. The van der Waals surface area contributed by atoms with Crippen molar-refractivity contribution in [3.05, 3.63) is 94.4 Å². The Balaban J connectivity index is 1.79. The summed E-state index contributed by atoms with van der Waals surface area (Å²) in [6.45, 7) is 4.17. The topological polar surface area (TPSA) is 58.6 Å². The third kappa shape index (κ3) is 3.97. The maximum absolute atomic E-state index is 13.5. The fraction of sp³-hybridized carbons (Fsp3) is 0.120. The first-order valence-electron chi connectivity index (χ1n) is 10.0. The number of ether oxygens (including phenoxy) is 1. The van der Waals surface area contributed by atoms with Crippen LogP contribution in [0.5, 0.6) is 5.75 Å². The SMILES string of the molecule is CCOc1ccc(NC2=C(c3ccc(F)cc3)C(=O)N(c3cccc(Cl)c3C)C2=O)cc1. The molecule has 1 N–H and O–H groups in total. The van der Waals surface area contributed by atoms with Crippen molar-refractivity contribution in [2.45, 2.75) is 13.8 Å². The van der Waals surface area contributed by atoms with E-state index in [-0.39, 0.29) is 11.3 Å². The molecule has 3 aromatic carbocycles. The Morgan fingerprint density at radius 3 is 2.31 bits per heavy atom. The molecule has 0 atom stereocenters. The molecule has 0 saturated heterocycles. The Bertz CT molecular complexity index is 1220. The van der Waals surface area contributed by atoms with Crippen LogP contribution in [-0.2, 0) is 9.59 Å². The average Bonchev–Trinajstić information content (AvgIpc) is 3.02. The van der Waals surface area contributed by atoms with Crippen LogP contribution in [0.2, 0.25) is 5.02 Å². The van der Waals surface area contributed by atoms with Gasteiger partial charge in [0.15, 0.2) is 0 Å². The third-order valence-electron chi connectivity index (χ3n) is 5.13. The number of nitrogens with zero attached hydrogens (tertiary/aromatic N) is 1. The average molecular weight is 451 g/mol. The van der Waals surface area contributed by atoms with Crippen LogP contribution in [0.4, 0.5) is 15.8 Å². The number of carbonyl (C=O) groups is 2. The Labute approximate surface area is 190 Å². The molecule has 0 unspecified atom stereocenters. The number of imide groups is 1. The van der Waals surface area contributed by atoms with Gasteiger partial charge in [0.1, 0.15) is 17.3 Å². The van der Waals surface area contributed by atoms with Gasteiger partial charge in [0.05, 0.1) is 17.9 Å². The highest BCUT2D eigenvalue weighted by Gasteiger charge is 2.41. The highest BCUT2D eigenvalue weighted by atomic mass is 35.5. The second-order valence-corrected chi connectivity index (χ2v) is 7.58. The minimum atomic E-state index is -0.520. The number of hydrogen-bond acceptors (Lipinski definition) is 4. The molecule has 32 heavy (non-hydrogen) atoms. The molecule has 5 nitrogen and oxygen atoms in total. The van der Waals surface area contributed by atoms with Gasteiger partial charge in [-0.15, -0.1) is 0 Å². The van der Waals surface area contributed by atoms with Crippen LogP contribution in [0.3, 0.4) is 0 Å². The lowest BCUT2D eigenvalue weighted by Gasteiger charge is -2.18. The number of halogens is 2. The lowest BCUT2D eigenvalue weighted by atomic mass is 10.0. The molecule has 0 spiro atoms. The van der Waals surface area contributed by atoms with E-state index in [2.05, 4.69) is 5.32 Å².